The molecule has 3 N–H and O–H groups in total. The summed E-state index contributed by atoms with van der Waals surface area (Å²) >= 11 is 2.69. The first-order valence-corrected chi connectivity index (χ1v) is 8.39. The van der Waals surface area contributed by atoms with Gasteiger partial charge in [0.05, 0.1) is 28.3 Å². The fraction of sp³-hybridized carbons (Fsp3) is 0.267. The molecule has 0 spiro atoms. The van der Waals surface area contributed by atoms with E-state index in [-0.39, 0.29) is 17.5 Å². The number of hydrogen-bond donors (Lipinski definition) is 2. The first kappa shape index (κ1) is 16.3. The Morgan fingerprint density at radius 2 is 2.27 bits per heavy atom. The number of allylic oxidation sites excluding steroid dienone is 3. The van der Waals surface area contributed by atoms with Gasteiger partial charge in [0.2, 0.25) is 5.91 Å². The highest BCUT2D eigenvalue weighted by atomic mass is 32.2. The van der Waals surface area contributed by atoms with E-state index in [1.54, 1.807) is 6.92 Å². The molecule has 0 aromatic carbocycles. The van der Waals surface area contributed by atoms with E-state index in [2.05, 4.69) is 11.4 Å². The number of carbonyl (C=O) groups excluding carboxylic acids is 2. The number of rotatable bonds is 5. The van der Waals surface area contributed by atoms with Crippen LogP contribution in [0.15, 0.2) is 39.4 Å². The average molecular weight is 333 g/mol. The minimum Gasteiger partial charge on any atom is -0.369 e. The number of thiophene rings is 1. The Balaban J connectivity index is 2.52. The van der Waals surface area contributed by atoms with Crippen LogP contribution in [0.5, 0.6) is 0 Å². The summed E-state index contributed by atoms with van der Waals surface area (Å²) in [6, 6.07) is 5.98. The van der Waals surface area contributed by atoms with E-state index in [0.717, 1.165) is 4.88 Å². The molecule has 1 aromatic rings. The number of Topliss-reactive ketones (excluding diaryl/α,β-unsaturated/α-hetero) is 1. The maximum absolute atomic E-state index is 12.0. The molecule has 1 aromatic heterocycles. The zero-order chi connectivity index (χ0) is 16.3. The summed E-state index contributed by atoms with van der Waals surface area (Å²) in [5, 5.41) is 15.1. The van der Waals surface area contributed by atoms with Gasteiger partial charge in [0.15, 0.2) is 5.78 Å². The van der Waals surface area contributed by atoms with Crippen LogP contribution in [-0.2, 0) is 9.59 Å². The van der Waals surface area contributed by atoms with Crippen molar-refractivity contribution in [1.29, 1.82) is 5.26 Å². The number of amides is 1. The van der Waals surface area contributed by atoms with Crippen LogP contribution in [0, 0.1) is 11.3 Å². The summed E-state index contributed by atoms with van der Waals surface area (Å²) < 4.78 is 0. The van der Waals surface area contributed by atoms with Gasteiger partial charge in [0.1, 0.15) is 0 Å². The van der Waals surface area contributed by atoms with Crippen molar-refractivity contribution >= 4 is 34.8 Å². The number of nitriles is 1. The van der Waals surface area contributed by atoms with Crippen LogP contribution < -0.4 is 11.1 Å². The molecule has 114 valence electrons. The number of dihydropyridines is 1. The average Bonchev–Trinajstić information content (AvgIpc) is 2.97. The molecule has 1 aliphatic heterocycles. The van der Waals surface area contributed by atoms with Gasteiger partial charge in [-0.3, -0.25) is 9.59 Å². The number of primary amides is 1. The van der Waals surface area contributed by atoms with Crippen LogP contribution >= 0.6 is 23.1 Å². The number of hydrogen-bond acceptors (Lipinski definition) is 6. The molecule has 1 aliphatic rings. The Hall–Kier alpha value is -2.04. The summed E-state index contributed by atoms with van der Waals surface area (Å²) in [5.41, 5.74) is 6.92. The fourth-order valence-corrected chi connectivity index (χ4v) is 4.05. The van der Waals surface area contributed by atoms with Crippen LogP contribution in [0.4, 0.5) is 0 Å². The molecule has 1 amide bonds. The molecule has 0 radical (unpaired) electrons. The van der Waals surface area contributed by atoms with Crippen molar-refractivity contribution in [2.75, 3.05) is 5.75 Å². The minimum atomic E-state index is -0.455. The third-order valence-corrected chi connectivity index (χ3v) is 5.19. The highest BCUT2D eigenvalue weighted by Crippen LogP contribution is 2.42. The Bertz CT molecular complexity index is 712. The largest absolute Gasteiger partial charge is 0.369 e. The van der Waals surface area contributed by atoms with E-state index >= 15 is 0 Å². The number of carbonyl (C=O) groups is 2. The number of ketones is 1. The lowest BCUT2D eigenvalue weighted by molar-refractivity contribution is -0.115. The van der Waals surface area contributed by atoms with Crippen LogP contribution in [0.3, 0.4) is 0 Å². The molecule has 5 nitrogen and oxygen atoms in total. The highest BCUT2D eigenvalue weighted by Gasteiger charge is 2.33. The zero-order valence-corrected chi connectivity index (χ0v) is 13.8. The summed E-state index contributed by atoms with van der Waals surface area (Å²) in [7, 11) is 0. The molecule has 7 heteroatoms. The van der Waals surface area contributed by atoms with E-state index in [0.29, 0.717) is 21.9 Å². The Morgan fingerprint density at radius 1 is 1.55 bits per heavy atom. The minimum absolute atomic E-state index is 0.0740. The van der Waals surface area contributed by atoms with Crippen molar-refractivity contribution in [2.24, 2.45) is 5.73 Å². The van der Waals surface area contributed by atoms with Crippen LogP contribution in [0.1, 0.15) is 24.6 Å². The first-order chi connectivity index (χ1) is 10.5. The maximum Gasteiger partial charge on any atom is 0.227 e. The van der Waals surface area contributed by atoms with Gasteiger partial charge in [-0.05, 0) is 25.3 Å². The van der Waals surface area contributed by atoms with Gasteiger partial charge < -0.3 is 11.1 Å². The highest BCUT2D eigenvalue weighted by molar-refractivity contribution is 8.03. The molecule has 2 rings (SSSR count). The normalized spacial score (nSPS) is 18.0. The van der Waals surface area contributed by atoms with Crippen molar-refractivity contribution in [3.05, 3.63) is 44.3 Å². The lowest BCUT2D eigenvalue weighted by Gasteiger charge is -2.28. The van der Waals surface area contributed by atoms with E-state index in [9.17, 15) is 14.9 Å². The number of thioether (sulfide) groups is 1. The second-order valence-electron chi connectivity index (χ2n) is 4.78. The van der Waals surface area contributed by atoms with E-state index in [1.807, 2.05) is 17.5 Å². The molecule has 0 saturated heterocycles. The molecular formula is C15H15N3O2S2. The molecule has 22 heavy (non-hydrogen) atoms. The standard InChI is InChI=1S/C15H15N3O2S2/c1-8-13(9(2)19)14(11-4-3-5-21-11)10(6-16)15(18-8)22-7-12(17)20/h3-5,14,18H,7H2,1-2H3,(H2,17,20)/t14-/m1/s1. The van der Waals surface area contributed by atoms with Crippen molar-refractivity contribution < 1.29 is 9.59 Å². The van der Waals surface area contributed by atoms with Crippen molar-refractivity contribution in [2.45, 2.75) is 19.8 Å². The molecule has 1 atom stereocenters. The fourth-order valence-electron chi connectivity index (χ4n) is 2.38. The van der Waals surface area contributed by atoms with Crippen molar-refractivity contribution in [3.8, 4) is 6.07 Å². The van der Waals surface area contributed by atoms with Crippen molar-refractivity contribution in [3.63, 3.8) is 0 Å². The van der Waals surface area contributed by atoms with Gasteiger partial charge in [-0.15, -0.1) is 11.3 Å². The molecular weight excluding hydrogens is 318 g/mol. The molecule has 2 heterocycles. The quantitative estimate of drug-likeness (QED) is 0.861. The monoisotopic (exact) mass is 333 g/mol. The van der Waals surface area contributed by atoms with Gasteiger partial charge in [-0.2, -0.15) is 5.26 Å². The number of nitrogens with one attached hydrogen (secondary N) is 1. The predicted octanol–water partition coefficient (Wildman–Crippen LogP) is 2.25. The van der Waals surface area contributed by atoms with Gasteiger partial charge >= 0.3 is 0 Å². The summed E-state index contributed by atoms with van der Waals surface area (Å²) in [6.45, 7) is 3.30. The number of nitrogens with two attached hydrogens (primary N) is 1. The number of nitrogens with zero attached hydrogens (tertiary/aromatic N) is 1. The Labute approximate surface area is 136 Å². The zero-order valence-electron chi connectivity index (χ0n) is 12.2. The molecule has 0 aliphatic carbocycles. The van der Waals surface area contributed by atoms with E-state index < -0.39 is 5.91 Å². The van der Waals surface area contributed by atoms with Crippen molar-refractivity contribution in [1.82, 2.24) is 5.32 Å². The summed E-state index contributed by atoms with van der Waals surface area (Å²) in [4.78, 5) is 24.0. The van der Waals surface area contributed by atoms with Gasteiger partial charge in [0, 0.05) is 16.1 Å². The third kappa shape index (κ3) is 3.24. The smallest absolute Gasteiger partial charge is 0.227 e. The maximum atomic E-state index is 12.0. The molecule has 0 fully saturated rings. The molecule has 0 unspecified atom stereocenters. The second-order valence-corrected chi connectivity index (χ2v) is 6.74. The molecule has 0 saturated carbocycles. The predicted molar refractivity (Wildman–Crippen MR) is 87.9 cm³/mol. The summed E-state index contributed by atoms with van der Waals surface area (Å²) in [5.74, 6) is -0.842. The lowest BCUT2D eigenvalue weighted by Crippen LogP contribution is -2.27. The van der Waals surface area contributed by atoms with Crippen LogP contribution in [0.2, 0.25) is 0 Å². The molecule has 0 bridgehead atoms. The lowest BCUT2D eigenvalue weighted by atomic mass is 9.85. The third-order valence-electron chi connectivity index (χ3n) is 3.21. The van der Waals surface area contributed by atoms with Crippen LogP contribution in [-0.4, -0.2) is 17.4 Å². The Kier molecular flexibility index (Phi) is 5.06. The van der Waals surface area contributed by atoms with E-state index in [1.165, 1.54) is 30.0 Å². The SMILES string of the molecule is CC(=O)C1=C(C)NC(SCC(N)=O)=C(C#N)[C@@H]1c1cccs1. The van der Waals surface area contributed by atoms with Gasteiger partial charge in [-0.25, -0.2) is 0 Å². The topological polar surface area (TPSA) is 96.0 Å². The first-order valence-electron chi connectivity index (χ1n) is 6.53. The Morgan fingerprint density at radius 3 is 2.77 bits per heavy atom. The summed E-state index contributed by atoms with van der Waals surface area (Å²) in [6.07, 6.45) is 0. The second kappa shape index (κ2) is 6.81. The van der Waals surface area contributed by atoms with E-state index in [4.69, 9.17) is 5.73 Å². The van der Waals surface area contributed by atoms with Gasteiger partial charge in [-0.1, -0.05) is 17.8 Å². The van der Waals surface area contributed by atoms with Crippen LogP contribution in [0.25, 0.3) is 0 Å². The van der Waals surface area contributed by atoms with Gasteiger partial charge in [0.25, 0.3) is 0 Å².